The maximum atomic E-state index is 13.0. The quantitative estimate of drug-likeness (QED) is 0.688. The molecule has 0 fully saturated rings. The third-order valence-electron chi connectivity index (χ3n) is 4.96. The smallest absolute Gasteiger partial charge is 0.266 e. The van der Waals surface area contributed by atoms with Crippen molar-refractivity contribution in [2.45, 2.75) is 31.7 Å². The van der Waals surface area contributed by atoms with Gasteiger partial charge in [0.1, 0.15) is 4.88 Å². The number of carbonyl (C=O) groups excluding carboxylic acids is 1. The zero-order valence-corrected chi connectivity index (χ0v) is 17.8. The van der Waals surface area contributed by atoms with E-state index in [-0.39, 0.29) is 15.9 Å². The molecule has 6 nitrogen and oxygen atoms in total. The Balaban J connectivity index is 1.54. The van der Waals surface area contributed by atoms with Gasteiger partial charge in [-0.15, -0.1) is 0 Å². The van der Waals surface area contributed by atoms with Crippen molar-refractivity contribution in [2.75, 3.05) is 11.3 Å². The Morgan fingerprint density at radius 3 is 2.48 bits per heavy atom. The second-order valence-corrected chi connectivity index (χ2v) is 9.78. The monoisotopic (exact) mass is 427 g/mol. The van der Waals surface area contributed by atoms with Crippen LogP contribution in [0.1, 0.15) is 32.1 Å². The summed E-state index contributed by atoms with van der Waals surface area (Å²) in [5, 5.41) is 0.198. The first-order valence-electron chi connectivity index (χ1n) is 9.26. The van der Waals surface area contributed by atoms with Gasteiger partial charge in [-0.25, -0.2) is 13.4 Å². The molecule has 1 amide bonds. The fourth-order valence-corrected chi connectivity index (χ4v) is 5.51. The van der Waals surface area contributed by atoms with Crippen molar-refractivity contribution < 1.29 is 13.2 Å². The molecule has 3 aromatic rings. The number of carbonyl (C=O) groups is 1. The zero-order chi connectivity index (χ0) is 20.6. The number of benzene rings is 2. The molecule has 4 rings (SSSR count). The summed E-state index contributed by atoms with van der Waals surface area (Å²) in [4.78, 5) is 19.7. The Morgan fingerprint density at radius 2 is 1.76 bits per heavy atom. The molecule has 0 saturated carbocycles. The number of anilines is 1. The van der Waals surface area contributed by atoms with Gasteiger partial charge in [0.05, 0.1) is 10.6 Å². The molecule has 2 aromatic carbocycles. The molecule has 0 spiro atoms. The zero-order valence-electron chi connectivity index (χ0n) is 16.2. The number of nitrogens with zero attached hydrogens (tertiary/aromatic N) is 2. The second-order valence-electron chi connectivity index (χ2n) is 7.10. The van der Waals surface area contributed by atoms with Gasteiger partial charge in [0.25, 0.3) is 15.9 Å². The fourth-order valence-electron chi connectivity index (χ4n) is 3.34. The van der Waals surface area contributed by atoms with Gasteiger partial charge in [-0.3, -0.25) is 9.52 Å². The van der Waals surface area contributed by atoms with Gasteiger partial charge in [0, 0.05) is 13.1 Å². The molecule has 1 aliphatic heterocycles. The molecule has 1 aliphatic rings. The first-order chi connectivity index (χ1) is 13.8. The highest BCUT2D eigenvalue weighted by Crippen LogP contribution is 2.28. The average Bonchev–Trinajstić information content (AvgIpc) is 3.06. The summed E-state index contributed by atoms with van der Waals surface area (Å²) >= 11 is 1.07. The highest BCUT2D eigenvalue weighted by atomic mass is 32.2. The molecular formula is C21H21N3O3S2. The second kappa shape index (κ2) is 7.61. The van der Waals surface area contributed by atoms with Crippen molar-refractivity contribution in [2.24, 2.45) is 0 Å². The van der Waals surface area contributed by atoms with E-state index in [0.717, 1.165) is 28.9 Å². The van der Waals surface area contributed by atoms with Crippen LogP contribution >= 0.6 is 11.3 Å². The Kier molecular flexibility index (Phi) is 5.14. The molecule has 0 radical (unpaired) electrons. The minimum atomic E-state index is -3.75. The van der Waals surface area contributed by atoms with Crippen molar-refractivity contribution >= 4 is 32.4 Å². The average molecular weight is 428 g/mol. The van der Waals surface area contributed by atoms with Crippen LogP contribution in [-0.4, -0.2) is 30.8 Å². The highest BCUT2D eigenvalue weighted by Gasteiger charge is 2.26. The molecule has 150 valence electrons. The van der Waals surface area contributed by atoms with Crippen LogP contribution in [0.2, 0.25) is 0 Å². The third kappa shape index (κ3) is 4.04. The molecule has 1 aromatic heterocycles. The predicted octanol–water partition coefficient (Wildman–Crippen LogP) is 3.76. The van der Waals surface area contributed by atoms with Crippen LogP contribution in [-0.2, 0) is 23.0 Å². The van der Waals surface area contributed by atoms with Gasteiger partial charge < -0.3 is 4.90 Å². The number of aryl methyl sites for hydroxylation is 2. The first kappa shape index (κ1) is 19.6. The first-order valence-corrected chi connectivity index (χ1v) is 11.6. The number of fused-ring (bicyclic) bond motifs is 1. The number of amides is 1. The van der Waals surface area contributed by atoms with E-state index < -0.39 is 10.0 Å². The Bertz CT molecular complexity index is 1170. The van der Waals surface area contributed by atoms with Crippen molar-refractivity contribution in [3.05, 3.63) is 75.8 Å². The predicted molar refractivity (Wildman–Crippen MR) is 114 cm³/mol. The fraction of sp³-hybridized carbons (Fsp3) is 0.238. The molecule has 2 heterocycles. The van der Waals surface area contributed by atoms with Crippen LogP contribution in [0.5, 0.6) is 0 Å². The maximum absolute atomic E-state index is 13.0. The van der Waals surface area contributed by atoms with Crippen LogP contribution in [0.4, 0.5) is 5.13 Å². The van der Waals surface area contributed by atoms with E-state index in [9.17, 15) is 13.2 Å². The lowest BCUT2D eigenvalue weighted by Gasteiger charge is -2.28. The maximum Gasteiger partial charge on any atom is 0.266 e. The molecule has 0 aliphatic carbocycles. The molecule has 29 heavy (non-hydrogen) atoms. The molecule has 1 N–H and O–H groups in total. The Labute approximate surface area is 174 Å². The number of hydrogen-bond donors (Lipinski definition) is 1. The normalized spacial score (nSPS) is 13.8. The van der Waals surface area contributed by atoms with Crippen molar-refractivity contribution in [1.29, 1.82) is 0 Å². The standard InChI is InChI=1S/C21H21N3O3S2/c1-14-7-9-18(10-8-14)29(26,27)23-21-22-15(2)19(28-21)20(25)24-12-11-16-5-3-4-6-17(16)13-24/h3-10H,11-13H2,1-2H3,(H,22,23). The number of hydrogen-bond acceptors (Lipinski definition) is 5. The molecule has 8 heteroatoms. The van der Waals surface area contributed by atoms with E-state index in [2.05, 4.69) is 15.8 Å². The number of rotatable bonds is 4. The number of thiazole rings is 1. The third-order valence-corrected chi connectivity index (χ3v) is 7.51. The summed E-state index contributed by atoms with van der Waals surface area (Å²) in [5.41, 5.74) is 3.92. The largest absolute Gasteiger partial charge is 0.333 e. The summed E-state index contributed by atoms with van der Waals surface area (Å²) < 4.78 is 27.7. The van der Waals surface area contributed by atoms with Crippen molar-refractivity contribution in [3.8, 4) is 0 Å². The highest BCUT2D eigenvalue weighted by molar-refractivity contribution is 7.93. The van der Waals surface area contributed by atoms with Gasteiger partial charge in [-0.2, -0.15) is 0 Å². The number of nitrogens with one attached hydrogen (secondary N) is 1. The van der Waals surface area contributed by atoms with E-state index >= 15 is 0 Å². The van der Waals surface area contributed by atoms with E-state index in [0.29, 0.717) is 23.7 Å². The van der Waals surface area contributed by atoms with E-state index in [1.54, 1.807) is 36.1 Å². The van der Waals surface area contributed by atoms with Gasteiger partial charge in [-0.05, 0) is 43.5 Å². The molecule has 0 unspecified atom stereocenters. The minimum absolute atomic E-state index is 0.115. The van der Waals surface area contributed by atoms with E-state index in [1.807, 2.05) is 25.1 Å². The van der Waals surface area contributed by atoms with E-state index in [1.165, 1.54) is 5.56 Å². The van der Waals surface area contributed by atoms with Gasteiger partial charge >= 0.3 is 0 Å². The summed E-state index contributed by atoms with van der Waals surface area (Å²) in [6, 6.07) is 14.7. The lowest BCUT2D eigenvalue weighted by Crippen LogP contribution is -2.35. The SMILES string of the molecule is Cc1ccc(S(=O)(=O)Nc2nc(C)c(C(=O)N3CCc4ccccc4C3)s2)cc1. The molecule has 0 saturated heterocycles. The topological polar surface area (TPSA) is 79.4 Å². The van der Waals surface area contributed by atoms with Crippen molar-refractivity contribution in [3.63, 3.8) is 0 Å². The van der Waals surface area contributed by atoms with Crippen LogP contribution in [0.3, 0.4) is 0 Å². The lowest BCUT2D eigenvalue weighted by molar-refractivity contribution is 0.0738. The number of sulfonamides is 1. The number of aromatic nitrogens is 1. The van der Waals surface area contributed by atoms with E-state index in [4.69, 9.17) is 0 Å². The molecule has 0 atom stereocenters. The molecule has 0 bridgehead atoms. The Hall–Kier alpha value is -2.71. The Morgan fingerprint density at radius 1 is 1.07 bits per heavy atom. The van der Waals surface area contributed by atoms with Crippen LogP contribution in [0.15, 0.2) is 53.4 Å². The lowest BCUT2D eigenvalue weighted by atomic mass is 10.00. The van der Waals surface area contributed by atoms with Crippen molar-refractivity contribution in [1.82, 2.24) is 9.88 Å². The summed E-state index contributed by atoms with van der Waals surface area (Å²) in [6.07, 6.45) is 0.812. The molecular weight excluding hydrogens is 406 g/mol. The van der Waals surface area contributed by atoms with Gasteiger partial charge in [0.2, 0.25) is 0 Å². The summed E-state index contributed by atoms with van der Waals surface area (Å²) in [5.74, 6) is -0.115. The minimum Gasteiger partial charge on any atom is -0.333 e. The van der Waals surface area contributed by atoms with Crippen LogP contribution in [0.25, 0.3) is 0 Å². The van der Waals surface area contributed by atoms with Crippen LogP contribution in [0, 0.1) is 13.8 Å². The van der Waals surface area contributed by atoms with Gasteiger partial charge in [0.15, 0.2) is 5.13 Å². The van der Waals surface area contributed by atoms with Gasteiger partial charge in [-0.1, -0.05) is 53.3 Å². The summed E-state index contributed by atoms with van der Waals surface area (Å²) in [6.45, 7) is 4.81. The van der Waals surface area contributed by atoms with Crippen LogP contribution < -0.4 is 4.72 Å². The summed E-state index contributed by atoms with van der Waals surface area (Å²) in [7, 11) is -3.75.